The molecule has 0 bridgehead atoms. The van der Waals surface area contributed by atoms with Gasteiger partial charge in [-0.1, -0.05) is 27.7 Å². The van der Waals surface area contributed by atoms with Crippen molar-refractivity contribution in [3.8, 4) is 5.82 Å². The molecule has 1 N–H and O–H groups in total. The van der Waals surface area contributed by atoms with E-state index in [4.69, 9.17) is 0 Å². The molecule has 0 aliphatic rings. The molecule has 0 fully saturated rings. The minimum absolute atomic E-state index is 0.102. The number of nitrogens with zero attached hydrogens (tertiary/aromatic N) is 4. The van der Waals surface area contributed by atoms with E-state index in [1.54, 1.807) is 35.3 Å². The maximum atomic E-state index is 13.7. The maximum absolute atomic E-state index is 13.7. The van der Waals surface area contributed by atoms with Crippen molar-refractivity contribution in [3.05, 3.63) is 59.3 Å². The lowest BCUT2D eigenvalue weighted by molar-refractivity contribution is -0.113. The highest BCUT2D eigenvalue weighted by Gasteiger charge is 2.09. The summed E-state index contributed by atoms with van der Waals surface area (Å²) < 4.78 is 15.9. The second-order valence-corrected chi connectivity index (χ2v) is 6.54. The SMILES string of the molecule is O=C(CSc1cc(-n2cccn2)ncn1)Nc1ccc(Br)cc1F. The molecule has 24 heavy (non-hydrogen) atoms. The second kappa shape index (κ2) is 7.54. The monoisotopic (exact) mass is 407 g/mol. The number of nitrogens with one attached hydrogen (secondary N) is 1. The predicted octanol–water partition coefficient (Wildman–Crippen LogP) is 3.29. The molecule has 0 radical (unpaired) electrons. The number of benzene rings is 1. The zero-order valence-corrected chi connectivity index (χ0v) is 14.6. The average Bonchev–Trinajstić information content (AvgIpc) is 3.10. The van der Waals surface area contributed by atoms with Crippen LogP contribution in [0.25, 0.3) is 5.82 Å². The fourth-order valence-corrected chi connectivity index (χ4v) is 2.85. The Morgan fingerprint density at radius 2 is 2.21 bits per heavy atom. The third-order valence-electron chi connectivity index (χ3n) is 2.92. The summed E-state index contributed by atoms with van der Waals surface area (Å²) in [4.78, 5) is 20.2. The van der Waals surface area contributed by atoms with Crippen molar-refractivity contribution >= 4 is 39.3 Å². The Morgan fingerprint density at radius 3 is 2.96 bits per heavy atom. The Morgan fingerprint density at radius 1 is 1.33 bits per heavy atom. The fourth-order valence-electron chi connectivity index (χ4n) is 1.86. The van der Waals surface area contributed by atoms with Crippen molar-refractivity contribution < 1.29 is 9.18 Å². The van der Waals surface area contributed by atoms with Crippen LogP contribution in [0.3, 0.4) is 0 Å². The minimum atomic E-state index is -0.495. The Kier molecular flexibility index (Phi) is 5.21. The first-order valence-electron chi connectivity index (χ1n) is 6.81. The lowest BCUT2D eigenvalue weighted by Crippen LogP contribution is -2.15. The quantitative estimate of drug-likeness (QED) is 0.518. The van der Waals surface area contributed by atoms with Crippen LogP contribution < -0.4 is 5.32 Å². The number of hydrogen-bond acceptors (Lipinski definition) is 5. The first kappa shape index (κ1) is 16.6. The van der Waals surface area contributed by atoms with Gasteiger partial charge in [0.25, 0.3) is 0 Å². The van der Waals surface area contributed by atoms with E-state index < -0.39 is 5.82 Å². The average molecular weight is 408 g/mol. The van der Waals surface area contributed by atoms with Crippen molar-refractivity contribution in [2.45, 2.75) is 5.03 Å². The molecule has 0 saturated heterocycles. The van der Waals surface area contributed by atoms with Gasteiger partial charge in [0.05, 0.1) is 11.4 Å². The first-order valence-corrected chi connectivity index (χ1v) is 8.59. The lowest BCUT2D eigenvalue weighted by Gasteiger charge is -2.07. The summed E-state index contributed by atoms with van der Waals surface area (Å²) in [6.45, 7) is 0. The van der Waals surface area contributed by atoms with Crippen LogP contribution in [0.5, 0.6) is 0 Å². The Labute approximate surface area is 149 Å². The highest BCUT2D eigenvalue weighted by Crippen LogP contribution is 2.21. The van der Waals surface area contributed by atoms with Crippen LogP contribution in [0, 0.1) is 5.82 Å². The molecular formula is C15H11BrFN5OS. The van der Waals surface area contributed by atoms with Crippen molar-refractivity contribution in [2.75, 3.05) is 11.1 Å². The molecule has 2 aromatic heterocycles. The third kappa shape index (κ3) is 4.18. The fraction of sp³-hybridized carbons (Fsp3) is 0.0667. The summed E-state index contributed by atoms with van der Waals surface area (Å²) >= 11 is 4.40. The normalized spacial score (nSPS) is 10.6. The molecule has 0 aliphatic carbocycles. The van der Waals surface area contributed by atoms with E-state index in [2.05, 4.69) is 36.3 Å². The highest BCUT2D eigenvalue weighted by atomic mass is 79.9. The van der Waals surface area contributed by atoms with E-state index in [0.29, 0.717) is 15.3 Å². The molecule has 0 saturated carbocycles. The topological polar surface area (TPSA) is 72.7 Å². The van der Waals surface area contributed by atoms with Crippen LogP contribution >= 0.6 is 27.7 Å². The molecule has 122 valence electrons. The van der Waals surface area contributed by atoms with E-state index in [1.807, 2.05) is 0 Å². The van der Waals surface area contributed by atoms with Crippen molar-refractivity contribution in [3.63, 3.8) is 0 Å². The van der Waals surface area contributed by atoms with Crippen LogP contribution in [0.15, 0.2) is 58.6 Å². The zero-order chi connectivity index (χ0) is 16.9. The summed E-state index contributed by atoms with van der Waals surface area (Å²) in [5.41, 5.74) is 0.142. The van der Waals surface area contributed by atoms with Gasteiger partial charge < -0.3 is 5.32 Å². The van der Waals surface area contributed by atoms with E-state index in [1.165, 1.54) is 30.2 Å². The number of thioether (sulfide) groups is 1. The summed E-state index contributed by atoms with van der Waals surface area (Å²) in [7, 11) is 0. The molecule has 0 spiro atoms. The van der Waals surface area contributed by atoms with Crippen LogP contribution in [-0.4, -0.2) is 31.4 Å². The third-order valence-corrected chi connectivity index (χ3v) is 4.34. The van der Waals surface area contributed by atoms with Gasteiger partial charge in [-0.05, 0) is 24.3 Å². The number of anilines is 1. The van der Waals surface area contributed by atoms with E-state index >= 15 is 0 Å². The number of carbonyl (C=O) groups excluding carboxylic acids is 1. The van der Waals surface area contributed by atoms with Gasteiger partial charge in [0, 0.05) is 22.9 Å². The number of halogens is 2. The van der Waals surface area contributed by atoms with Gasteiger partial charge in [-0.2, -0.15) is 5.10 Å². The van der Waals surface area contributed by atoms with Crippen LogP contribution in [-0.2, 0) is 4.79 Å². The van der Waals surface area contributed by atoms with Crippen molar-refractivity contribution in [1.82, 2.24) is 19.7 Å². The van der Waals surface area contributed by atoms with Crippen molar-refractivity contribution in [2.24, 2.45) is 0 Å². The van der Waals surface area contributed by atoms with E-state index in [0.717, 1.165) is 0 Å². The summed E-state index contributed by atoms with van der Waals surface area (Å²) in [5.74, 6) is -0.103. The standard InChI is InChI=1S/C15H11BrFN5OS/c16-10-2-3-12(11(17)6-10)21-14(23)8-24-15-7-13(18-9-19-15)22-5-1-4-20-22/h1-7,9H,8H2,(H,21,23). The molecule has 1 aromatic carbocycles. The largest absolute Gasteiger partial charge is 0.323 e. The van der Waals surface area contributed by atoms with Gasteiger partial charge in [-0.25, -0.2) is 19.0 Å². The van der Waals surface area contributed by atoms with Gasteiger partial charge >= 0.3 is 0 Å². The summed E-state index contributed by atoms with van der Waals surface area (Å²) in [5, 5.41) is 7.25. The minimum Gasteiger partial charge on any atom is -0.323 e. The molecule has 9 heteroatoms. The molecule has 0 aliphatic heterocycles. The molecule has 0 atom stereocenters. The first-order chi connectivity index (χ1) is 11.6. The van der Waals surface area contributed by atoms with Crippen LogP contribution in [0.4, 0.5) is 10.1 Å². The van der Waals surface area contributed by atoms with Crippen molar-refractivity contribution in [1.29, 1.82) is 0 Å². The number of carbonyl (C=O) groups is 1. The molecule has 0 unspecified atom stereocenters. The second-order valence-electron chi connectivity index (χ2n) is 4.63. The summed E-state index contributed by atoms with van der Waals surface area (Å²) in [6.07, 6.45) is 4.82. The number of hydrogen-bond donors (Lipinski definition) is 1. The van der Waals surface area contributed by atoms with Gasteiger partial charge in [-0.3, -0.25) is 4.79 Å². The van der Waals surface area contributed by atoms with Gasteiger partial charge in [0.2, 0.25) is 5.91 Å². The highest BCUT2D eigenvalue weighted by molar-refractivity contribution is 9.10. The zero-order valence-electron chi connectivity index (χ0n) is 12.2. The Balaban J connectivity index is 1.61. The molecule has 2 heterocycles. The van der Waals surface area contributed by atoms with Gasteiger partial charge in [0.15, 0.2) is 5.82 Å². The van der Waals surface area contributed by atoms with Gasteiger partial charge in [-0.15, -0.1) is 0 Å². The molecule has 6 nitrogen and oxygen atoms in total. The molecule has 3 aromatic rings. The Hall–Kier alpha value is -2.26. The van der Waals surface area contributed by atoms with Crippen LogP contribution in [0.2, 0.25) is 0 Å². The van der Waals surface area contributed by atoms with E-state index in [9.17, 15) is 9.18 Å². The predicted molar refractivity (Wildman–Crippen MR) is 92.6 cm³/mol. The van der Waals surface area contributed by atoms with Crippen LogP contribution in [0.1, 0.15) is 0 Å². The number of amides is 1. The molecular weight excluding hydrogens is 397 g/mol. The molecule has 1 amide bonds. The maximum Gasteiger partial charge on any atom is 0.234 e. The van der Waals surface area contributed by atoms with E-state index in [-0.39, 0.29) is 17.3 Å². The number of rotatable bonds is 5. The smallest absolute Gasteiger partial charge is 0.234 e. The lowest BCUT2D eigenvalue weighted by atomic mass is 10.3. The van der Waals surface area contributed by atoms with Gasteiger partial charge in [0.1, 0.15) is 17.2 Å². The molecule has 3 rings (SSSR count). The number of aromatic nitrogens is 4. The summed E-state index contributed by atoms with van der Waals surface area (Å²) in [6, 6.07) is 7.97. The Bertz CT molecular complexity index is 859.